The van der Waals surface area contributed by atoms with Crippen LogP contribution in [0.2, 0.25) is 0 Å². The number of nitrogens with zero attached hydrogens (tertiary/aromatic N) is 1. The number of aromatic nitrogens is 2. The van der Waals surface area contributed by atoms with E-state index in [9.17, 15) is 0 Å². The van der Waals surface area contributed by atoms with Crippen LogP contribution < -0.4 is 5.32 Å². The average Bonchev–Trinajstić information content (AvgIpc) is 3.02. The Morgan fingerprint density at radius 3 is 3.00 bits per heavy atom. The Kier molecular flexibility index (Phi) is 3.85. The number of fused-ring (bicyclic) bond motifs is 1. The summed E-state index contributed by atoms with van der Waals surface area (Å²) in [6.07, 6.45) is 5.14. The number of thiazole rings is 1. The minimum atomic E-state index is 0.910. The Balaban J connectivity index is 1.60. The Hall–Kier alpha value is -1.65. The molecule has 2 N–H and O–H groups in total. The predicted octanol–water partition coefficient (Wildman–Crippen LogP) is 3.57. The second-order valence-corrected chi connectivity index (χ2v) is 6.40. The van der Waals surface area contributed by atoms with E-state index < -0.39 is 0 Å². The zero-order valence-corrected chi connectivity index (χ0v) is 12.7. The minimum Gasteiger partial charge on any atom is -0.361 e. The monoisotopic (exact) mass is 285 g/mol. The molecule has 104 valence electrons. The summed E-state index contributed by atoms with van der Waals surface area (Å²) in [4.78, 5) is 8.93. The fourth-order valence-electron chi connectivity index (χ4n) is 2.57. The molecule has 0 aliphatic carbocycles. The molecule has 1 aromatic carbocycles. The molecule has 3 aromatic rings. The van der Waals surface area contributed by atoms with Gasteiger partial charge >= 0.3 is 0 Å². The Bertz CT molecular complexity index is 711. The van der Waals surface area contributed by atoms with E-state index in [0.717, 1.165) is 24.5 Å². The number of benzene rings is 1. The minimum absolute atomic E-state index is 0.910. The fourth-order valence-corrected chi connectivity index (χ4v) is 3.33. The van der Waals surface area contributed by atoms with Crippen molar-refractivity contribution in [2.75, 3.05) is 6.54 Å². The fraction of sp³-hybridized carbons (Fsp3) is 0.312. The van der Waals surface area contributed by atoms with Gasteiger partial charge in [0, 0.05) is 34.7 Å². The largest absolute Gasteiger partial charge is 0.361 e. The van der Waals surface area contributed by atoms with E-state index in [2.05, 4.69) is 46.6 Å². The highest BCUT2D eigenvalue weighted by Crippen LogP contribution is 2.22. The molecule has 0 amide bonds. The quantitative estimate of drug-likeness (QED) is 0.704. The molecule has 0 fully saturated rings. The van der Waals surface area contributed by atoms with Crippen molar-refractivity contribution < 1.29 is 0 Å². The summed E-state index contributed by atoms with van der Waals surface area (Å²) >= 11 is 1.76. The standard InChI is InChI=1S/C16H19N3S/c1-11-4-3-5-15-16(11)13(8-19-15)6-7-17-9-14-10-18-12(2)20-14/h3-5,8,10,17,19H,6-7,9H2,1-2H3. The van der Waals surface area contributed by atoms with Crippen molar-refractivity contribution in [2.45, 2.75) is 26.8 Å². The van der Waals surface area contributed by atoms with Gasteiger partial charge in [-0.15, -0.1) is 11.3 Å². The summed E-state index contributed by atoms with van der Waals surface area (Å²) in [6, 6.07) is 6.41. The highest BCUT2D eigenvalue weighted by atomic mass is 32.1. The molecule has 0 unspecified atom stereocenters. The van der Waals surface area contributed by atoms with Crippen molar-refractivity contribution in [2.24, 2.45) is 0 Å². The molecule has 0 aliphatic heterocycles. The van der Waals surface area contributed by atoms with Gasteiger partial charge < -0.3 is 10.3 Å². The van der Waals surface area contributed by atoms with Crippen molar-refractivity contribution >= 4 is 22.2 Å². The highest BCUT2D eigenvalue weighted by Gasteiger charge is 2.05. The van der Waals surface area contributed by atoms with Crippen LogP contribution in [0.5, 0.6) is 0 Å². The summed E-state index contributed by atoms with van der Waals surface area (Å²) in [5, 5.41) is 6.01. The molecular weight excluding hydrogens is 266 g/mol. The van der Waals surface area contributed by atoms with Crippen molar-refractivity contribution in [3.05, 3.63) is 51.6 Å². The Labute approximate surface area is 123 Å². The number of hydrogen-bond acceptors (Lipinski definition) is 3. The third kappa shape index (κ3) is 2.76. The highest BCUT2D eigenvalue weighted by molar-refractivity contribution is 7.11. The molecule has 3 nitrogen and oxygen atoms in total. The van der Waals surface area contributed by atoms with Crippen molar-refractivity contribution in [3.8, 4) is 0 Å². The van der Waals surface area contributed by atoms with Crippen molar-refractivity contribution in [1.29, 1.82) is 0 Å². The number of hydrogen-bond donors (Lipinski definition) is 2. The van der Waals surface area contributed by atoms with Crippen molar-refractivity contribution in [3.63, 3.8) is 0 Å². The molecule has 0 radical (unpaired) electrons. The first-order chi connectivity index (χ1) is 9.74. The van der Waals surface area contributed by atoms with Crippen LogP contribution in [0.4, 0.5) is 0 Å². The van der Waals surface area contributed by atoms with Crippen LogP contribution in [-0.4, -0.2) is 16.5 Å². The zero-order chi connectivity index (χ0) is 13.9. The number of aryl methyl sites for hydroxylation is 2. The molecule has 0 aliphatic rings. The molecule has 0 atom stereocenters. The third-order valence-corrected chi connectivity index (χ3v) is 4.45. The molecule has 2 aromatic heterocycles. The first-order valence-electron chi connectivity index (χ1n) is 6.91. The molecular formula is C16H19N3S. The van der Waals surface area contributed by atoms with Crippen molar-refractivity contribution in [1.82, 2.24) is 15.3 Å². The zero-order valence-electron chi connectivity index (χ0n) is 11.9. The second kappa shape index (κ2) is 5.77. The van der Waals surface area contributed by atoms with Gasteiger partial charge in [0.05, 0.1) is 5.01 Å². The lowest BCUT2D eigenvalue weighted by Crippen LogP contribution is -2.15. The summed E-state index contributed by atoms with van der Waals surface area (Å²) in [5.74, 6) is 0. The first-order valence-corrected chi connectivity index (χ1v) is 7.73. The Morgan fingerprint density at radius 2 is 2.20 bits per heavy atom. The molecule has 0 spiro atoms. The van der Waals surface area contributed by atoms with E-state index in [4.69, 9.17) is 0 Å². The second-order valence-electron chi connectivity index (χ2n) is 5.08. The smallest absolute Gasteiger partial charge is 0.0897 e. The maximum Gasteiger partial charge on any atom is 0.0897 e. The molecule has 3 rings (SSSR count). The molecule has 20 heavy (non-hydrogen) atoms. The molecule has 2 heterocycles. The van der Waals surface area contributed by atoms with Crippen LogP contribution in [0.1, 0.15) is 21.0 Å². The van der Waals surface area contributed by atoms with Crippen LogP contribution in [0.15, 0.2) is 30.6 Å². The van der Waals surface area contributed by atoms with Crippen LogP contribution in [0.25, 0.3) is 10.9 Å². The summed E-state index contributed by atoms with van der Waals surface area (Å²) in [7, 11) is 0. The number of rotatable bonds is 5. The van der Waals surface area contributed by atoms with Gasteiger partial charge in [0.1, 0.15) is 0 Å². The Morgan fingerprint density at radius 1 is 1.30 bits per heavy atom. The maximum atomic E-state index is 4.27. The van der Waals surface area contributed by atoms with Gasteiger partial charge in [-0.05, 0) is 44.0 Å². The molecule has 0 saturated carbocycles. The average molecular weight is 285 g/mol. The van der Waals surface area contributed by atoms with E-state index in [1.807, 2.05) is 13.1 Å². The van der Waals surface area contributed by atoms with Crippen LogP contribution in [-0.2, 0) is 13.0 Å². The third-order valence-electron chi connectivity index (χ3n) is 3.54. The lowest BCUT2D eigenvalue weighted by molar-refractivity contribution is 0.694. The topological polar surface area (TPSA) is 40.7 Å². The number of H-pyrrole nitrogens is 1. The van der Waals surface area contributed by atoms with Gasteiger partial charge in [0.2, 0.25) is 0 Å². The van der Waals surface area contributed by atoms with Gasteiger partial charge in [0.15, 0.2) is 0 Å². The first kappa shape index (κ1) is 13.3. The van der Waals surface area contributed by atoms with E-state index in [0.29, 0.717) is 0 Å². The maximum absolute atomic E-state index is 4.27. The van der Waals surface area contributed by atoms with E-state index in [-0.39, 0.29) is 0 Å². The van der Waals surface area contributed by atoms with Gasteiger partial charge in [-0.1, -0.05) is 12.1 Å². The van der Waals surface area contributed by atoms with Crippen LogP contribution in [0, 0.1) is 13.8 Å². The summed E-state index contributed by atoms with van der Waals surface area (Å²) in [6.45, 7) is 6.11. The van der Waals surface area contributed by atoms with Gasteiger partial charge in [-0.25, -0.2) is 4.98 Å². The van der Waals surface area contributed by atoms with Gasteiger partial charge in [-0.3, -0.25) is 0 Å². The lowest BCUT2D eigenvalue weighted by atomic mass is 10.1. The van der Waals surface area contributed by atoms with E-state index >= 15 is 0 Å². The summed E-state index contributed by atoms with van der Waals surface area (Å²) in [5.41, 5.74) is 3.97. The molecule has 4 heteroatoms. The predicted molar refractivity (Wildman–Crippen MR) is 85.3 cm³/mol. The van der Waals surface area contributed by atoms with E-state index in [1.54, 1.807) is 11.3 Å². The van der Waals surface area contributed by atoms with Crippen LogP contribution >= 0.6 is 11.3 Å². The molecule has 0 bridgehead atoms. The van der Waals surface area contributed by atoms with Crippen LogP contribution in [0.3, 0.4) is 0 Å². The lowest BCUT2D eigenvalue weighted by Gasteiger charge is -2.04. The number of nitrogens with one attached hydrogen (secondary N) is 2. The normalized spacial score (nSPS) is 11.3. The summed E-state index contributed by atoms with van der Waals surface area (Å²) < 4.78 is 0. The molecule has 0 saturated heterocycles. The number of aromatic amines is 1. The van der Waals surface area contributed by atoms with Gasteiger partial charge in [0.25, 0.3) is 0 Å². The van der Waals surface area contributed by atoms with E-state index in [1.165, 1.54) is 26.9 Å². The SMILES string of the molecule is Cc1ncc(CNCCc2c[nH]c3cccc(C)c23)s1. The van der Waals surface area contributed by atoms with Gasteiger partial charge in [-0.2, -0.15) is 0 Å².